The first-order valence-corrected chi connectivity index (χ1v) is 6.77. The van der Waals surface area contributed by atoms with Crippen molar-refractivity contribution in [2.24, 2.45) is 0 Å². The molecule has 0 saturated heterocycles. The molecule has 0 aliphatic heterocycles. The van der Waals surface area contributed by atoms with Gasteiger partial charge in [0.15, 0.2) is 5.78 Å². The number of hydrogen-bond donors (Lipinski definition) is 0. The van der Waals surface area contributed by atoms with Crippen molar-refractivity contribution in [1.82, 2.24) is 0 Å². The second kappa shape index (κ2) is 7.31. The third kappa shape index (κ3) is 3.47. The molecule has 0 aliphatic carbocycles. The maximum atomic E-state index is 12.3. The highest BCUT2D eigenvalue weighted by Gasteiger charge is 2.11. The molecule has 0 bridgehead atoms. The van der Waals surface area contributed by atoms with Gasteiger partial charge in [-0.3, -0.25) is 4.79 Å². The number of para-hydroxylation sites is 1. The predicted octanol–water partition coefficient (Wildman–Crippen LogP) is 3.61. The van der Waals surface area contributed by atoms with E-state index < -0.39 is 0 Å². The van der Waals surface area contributed by atoms with E-state index >= 15 is 0 Å². The Morgan fingerprint density at radius 1 is 0.909 bits per heavy atom. The molecule has 4 nitrogen and oxygen atoms in total. The maximum Gasteiger partial charge on any atom is 0.189 e. The molecule has 0 radical (unpaired) electrons. The van der Waals surface area contributed by atoms with Crippen LogP contribution in [0.15, 0.2) is 48.5 Å². The van der Waals surface area contributed by atoms with Gasteiger partial charge >= 0.3 is 0 Å². The van der Waals surface area contributed by atoms with Gasteiger partial charge in [-0.2, -0.15) is 0 Å². The van der Waals surface area contributed by atoms with Crippen molar-refractivity contribution in [2.75, 3.05) is 21.3 Å². The molecular weight excluding hydrogens is 280 g/mol. The summed E-state index contributed by atoms with van der Waals surface area (Å²) in [6, 6.07) is 12.6. The number of methoxy groups -OCH3 is 3. The average Bonchev–Trinajstić information content (AvgIpc) is 2.59. The van der Waals surface area contributed by atoms with Crippen molar-refractivity contribution < 1.29 is 19.0 Å². The van der Waals surface area contributed by atoms with Gasteiger partial charge in [0.1, 0.15) is 17.2 Å². The van der Waals surface area contributed by atoms with Crippen LogP contribution >= 0.6 is 0 Å². The highest BCUT2D eigenvalue weighted by atomic mass is 16.5. The molecule has 0 saturated carbocycles. The number of carbonyl (C=O) groups excluding carboxylic acids is 1. The number of rotatable bonds is 6. The van der Waals surface area contributed by atoms with Crippen molar-refractivity contribution in [3.8, 4) is 17.2 Å². The lowest BCUT2D eigenvalue weighted by molar-refractivity contribution is 0.104. The van der Waals surface area contributed by atoms with Gasteiger partial charge in [-0.05, 0) is 30.4 Å². The van der Waals surface area contributed by atoms with Crippen molar-refractivity contribution in [3.05, 3.63) is 59.7 Å². The number of allylic oxidation sites excluding steroid dienone is 1. The van der Waals surface area contributed by atoms with Crippen LogP contribution in [0.2, 0.25) is 0 Å². The van der Waals surface area contributed by atoms with Crippen LogP contribution in [0.5, 0.6) is 17.2 Å². The first-order chi connectivity index (χ1) is 10.7. The first-order valence-electron chi connectivity index (χ1n) is 6.77. The van der Waals surface area contributed by atoms with Gasteiger partial charge < -0.3 is 14.2 Å². The minimum Gasteiger partial charge on any atom is -0.497 e. The van der Waals surface area contributed by atoms with Crippen molar-refractivity contribution in [3.63, 3.8) is 0 Å². The van der Waals surface area contributed by atoms with E-state index in [2.05, 4.69) is 0 Å². The lowest BCUT2D eigenvalue weighted by Gasteiger charge is -2.08. The summed E-state index contributed by atoms with van der Waals surface area (Å²) in [6.45, 7) is 0. The SMILES string of the molecule is COc1ccc(C(=O)C=Cc2ccccc2OC)c(OC)c1. The molecule has 0 aromatic heterocycles. The van der Waals surface area contributed by atoms with E-state index in [1.54, 1.807) is 38.5 Å². The lowest BCUT2D eigenvalue weighted by atomic mass is 10.1. The van der Waals surface area contributed by atoms with Gasteiger partial charge in [-0.15, -0.1) is 0 Å². The quantitative estimate of drug-likeness (QED) is 0.603. The second-order valence-electron chi connectivity index (χ2n) is 4.51. The zero-order valence-corrected chi connectivity index (χ0v) is 12.8. The second-order valence-corrected chi connectivity index (χ2v) is 4.51. The largest absolute Gasteiger partial charge is 0.497 e. The van der Waals surface area contributed by atoms with Gasteiger partial charge in [0.05, 0.1) is 26.9 Å². The molecular formula is C18H18O4. The zero-order valence-electron chi connectivity index (χ0n) is 12.8. The van der Waals surface area contributed by atoms with Gasteiger partial charge in [0.2, 0.25) is 0 Å². The average molecular weight is 298 g/mol. The fourth-order valence-electron chi connectivity index (χ4n) is 2.06. The summed E-state index contributed by atoms with van der Waals surface area (Å²) in [6.07, 6.45) is 3.23. The van der Waals surface area contributed by atoms with Gasteiger partial charge in [-0.1, -0.05) is 18.2 Å². The van der Waals surface area contributed by atoms with E-state index in [0.29, 0.717) is 22.8 Å². The third-order valence-electron chi connectivity index (χ3n) is 3.23. The van der Waals surface area contributed by atoms with Crippen LogP contribution < -0.4 is 14.2 Å². The molecule has 0 amide bonds. The Labute approximate surface area is 129 Å². The van der Waals surface area contributed by atoms with Gasteiger partial charge in [0, 0.05) is 11.6 Å². The fourth-order valence-corrected chi connectivity index (χ4v) is 2.06. The number of ketones is 1. The van der Waals surface area contributed by atoms with Crippen molar-refractivity contribution >= 4 is 11.9 Å². The molecule has 0 N–H and O–H groups in total. The van der Waals surface area contributed by atoms with Gasteiger partial charge in [0.25, 0.3) is 0 Å². The highest BCUT2D eigenvalue weighted by molar-refractivity contribution is 6.08. The minimum atomic E-state index is -0.148. The van der Waals surface area contributed by atoms with E-state index in [1.807, 2.05) is 24.3 Å². The van der Waals surface area contributed by atoms with Crippen LogP contribution in [-0.4, -0.2) is 27.1 Å². The third-order valence-corrected chi connectivity index (χ3v) is 3.23. The van der Waals surface area contributed by atoms with E-state index in [1.165, 1.54) is 13.2 Å². The first kappa shape index (κ1) is 15.6. The molecule has 0 spiro atoms. The molecule has 0 heterocycles. The topological polar surface area (TPSA) is 44.8 Å². The number of hydrogen-bond acceptors (Lipinski definition) is 4. The van der Waals surface area contributed by atoms with E-state index in [0.717, 1.165) is 5.56 Å². The van der Waals surface area contributed by atoms with Crippen LogP contribution in [0.25, 0.3) is 6.08 Å². The minimum absolute atomic E-state index is 0.148. The Bertz CT molecular complexity index is 689. The Balaban J connectivity index is 2.27. The smallest absolute Gasteiger partial charge is 0.189 e. The summed E-state index contributed by atoms with van der Waals surface area (Å²) >= 11 is 0. The number of ether oxygens (including phenoxy) is 3. The predicted molar refractivity (Wildman–Crippen MR) is 85.9 cm³/mol. The number of benzene rings is 2. The van der Waals surface area contributed by atoms with Crippen molar-refractivity contribution in [2.45, 2.75) is 0 Å². The van der Waals surface area contributed by atoms with Crippen molar-refractivity contribution in [1.29, 1.82) is 0 Å². The Hall–Kier alpha value is -2.75. The standard InChI is InChI=1S/C18H18O4/c1-20-14-9-10-15(18(12-14)22-3)16(19)11-8-13-6-4-5-7-17(13)21-2/h4-12H,1-3H3. The summed E-state index contributed by atoms with van der Waals surface area (Å²) in [5.41, 5.74) is 1.32. The lowest BCUT2D eigenvalue weighted by Crippen LogP contribution is -1.99. The molecule has 2 aromatic rings. The molecule has 0 aliphatic rings. The van der Waals surface area contributed by atoms with E-state index in [4.69, 9.17) is 14.2 Å². The van der Waals surface area contributed by atoms with E-state index in [9.17, 15) is 4.79 Å². The zero-order chi connectivity index (χ0) is 15.9. The molecule has 114 valence electrons. The number of carbonyl (C=O) groups is 1. The highest BCUT2D eigenvalue weighted by Crippen LogP contribution is 2.26. The summed E-state index contributed by atoms with van der Waals surface area (Å²) < 4.78 is 15.6. The van der Waals surface area contributed by atoms with Gasteiger partial charge in [-0.25, -0.2) is 0 Å². The molecule has 0 fully saturated rings. The van der Waals surface area contributed by atoms with Crippen LogP contribution in [0.4, 0.5) is 0 Å². The summed E-state index contributed by atoms with van der Waals surface area (Å²) in [5, 5.41) is 0. The molecule has 2 aromatic carbocycles. The van der Waals surface area contributed by atoms with Crippen LogP contribution in [0, 0.1) is 0 Å². The Kier molecular flexibility index (Phi) is 5.20. The molecule has 22 heavy (non-hydrogen) atoms. The maximum absolute atomic E-state index is 12.3. The Morgan fingerprint density at radius 3 is 2.32 bits per heavy atom. The Morgan fingerprint density at radius 2 is 1.64 bits per heavy atom. The molecule has 0 unspecified atom stereocenters. The summed E-state index contributed by atoms with van der Waals surface area (Å²) in [4.78, 5) is 12.3. The van der Waals surface area contributed by atoms with E-state index in [-0.39, 0.29) is 5.78 Å². The van der Waals surface area contributed by atoms with Crippen LogP contribution in [0.3, 0.4) is 0 Å². The summed E-state index contributed by atoms with van der Waals surface area (Å²) in [5.74, 6) is 1.69. The molecule has 2 rings (SSSR count). The van der Waals surface area contributed by atoms with Crippen LogP contribution in [-0.2, 0) is 0 Å². The molecule has 0 atom stereocenters. The normalized spacial score (nSPS) is 10.5. The van der Waals surface area contributed by atoms with Crippen LogP contribution in [0.1, 0.15) is 15.9 Å². The monoisotopic (exact) mass is 298 g/mol. The fraction of sp³-hybridized carbons (Fsp3) is 0.167. The summed E-state index contributed by atoms with van der Waals surface area (Å²) in [7, 11) is 4.69. The molecule has 4 heteroatoms.